The van der Waals surface area contributed by atoms with Crippen LogP contribution in [-0.2, 0) is 9.53 Å². The van der Waals surface area contributed by atoms with E-state index in [0.29, 0.717) is 12.3 Å². The molecule has 26 heavy (non-hydrogen) atoms. The molecule has 2 aromatic carbocycles. The molecule has 0 aliphatic carbocycles. The molecule has 0 amide bonds. The van der Waals surface area contributed by atoms with Gasteiger partial charge < -0.3 is 4.74 Å². The molecule has 0 fully saturated rings. The highest BCUT2D eigenvalue weighted by molar-refractivity contribution is 6.08. The quantitative estimate of drug-likeness (QED) is 0.675. The summed E-state index contributed by atoms with van der Waals surface area (Å²) < 4.78 is 5.59. The lowest BCUT2D eigenvalue weighted by Gasteiger charge is -2.26. The fourth-order valence-electron chi connectivity index (χ4n) is 3.37. The monoisotopic (exact) mass is 347 g/mol. The highest BCUT2D eigenvalue weighted by Crippen LogP contribution is 2.36. The van der Waals surface area contributed by atoms with Crippen LogP contribution in [0.4, 0.5) is 0 Å². The summed E-state index contributed by atoms with van der Waals surface area (Å²) in [7, 11) is 0. The van der Waals surface area contributed by atoms with Crippen LogP contribution in [0.5, 0.6) is 0 Å². The zero-order valence-electron chi connectivity index (χ0n) is 15.6. The summed E-state index contributed by atoms with van der Waals surface area (Å²) >= 11 is 0. The van der Waals surface area contributed by atoms with Gasteiger partial charge in [0.25, 0.3) is 0 Å². The number of esters is 1. The van der Waals surface area contributed by atoms with Crippen LogP contribution in [0, 0.1) is 12.8 Å². The van der Waals surface area contributed by atoms with Crippen molar-refractivity contribution in [3.05, 3.63) is 77.4 Å². The fraction of sp³-hybridized carbons (Fsp3) is 0.304. The first kappa shape index (κ1) is 18.1. The Morgan fingerprint density at radius 1 is 1.12 bits per heavy atom. The van der Waals surface area contributed by atoms with Gasteiger partial charge in [-0.2, -0.15) is 0 Å². The molecular formula is C23H25NO2. The van der Waals surface area contributed by atoms with E-state index in [1.54, 1.807) is 0 Å². The standard InChI is InChI=1S/C23H25NO2/c1-4-16-23(18(3)14-15-19-11-9-8-10-17(19)2)22(25)26-21(24-23)20-12-6-5-7-13-20/h5-15,18H,4,16H2,1-3H3/b15-14+/t18?,23-/m1/s1. The number of nitrogens with zero attached hydrogens (tertiary/aromatic N) is 1. The lowest BCUT2D eigenvalue weighted by molar-refractivity contribution is -0.140. The molecule has 2 atom stereocenters. The Labute approximate surface area is 155 Å². The number of benzene rings is 2. The van der Waals surface area contributed by atoms with Crippen LogP contribution >= 0.6 is 0 Å². The molecule has 0 aromatic heterocycles. The van der Waals surface area contributed by atoms with E-state index < -0.39 is 5.54 Å². The molecule has 3 rings (SSSR count). The Morgan fingerprint density at radius 3 is 2.50 bits per heavy atom. The molecular weight excluding hydrogens is 322 g/mol. The first-order chi connectivity index (χ1) is 12.6. The second-order valence-electron chi connectivity index (χ2n) is 6.85. The van der Waals surface area contributed by atoms with E-state index in [1.165, 1.54) is 5.56 Å². The summed E-state index contributed by atoms with van der Waals surface area (Å²) in [6.45, 7) is 6.20. The number of hydrogen-bond acceptors (Lipinski definition) is 3. The van der Waals surface area contributed by atoms with Crippen LogP contribution in [0.3, 0.4) is 0 Å². The number of hydrogen-bond donors (Lipinski definition) is 0. The van der Waals surface area contributed by atoms with E-state index in [0.717, 1.165) is 17.5 Å². The normalized spacial score (nSPS) is 20.9. The van der Waals surface area contributed by atoms with E-state index in [4.69, 9.17) is 9.73 Å². The molecule has 0 spiro atoms. The van der Waals surface area contributed by atoms with Crippen LogP contribution in [-0.4, -0.2) is 17.4 Å². The highest BCUT2D eigenvalue weighted by atomic mass is 16.6. The smallest absolute Gasteiger partial charge is 0.341 e. The predicted molar refractivity (Wildman–Crippen MR) is 106 cm³/mol. The summed E-state index contributed by atoms with van der Waals surface area (Å²) in [5.74, 6) is 0.121. The van der Waals surface area contributed by atoms with E-state index in [1.807, 2.05) is 49.4 Å². The molecule has 0 saturated heterocycles. The lowest BCUT2D eigenvalue weighted by Crippen LogP contribution is -2.39. The van der Waals surface area contributed by atoms with Gasteiger partial charge in [0.2, 0.25) is 5.90 Å². The van der Waals surface area contributed by atoms with Gasteiger partial charge in [0.1, 0.15) is 0 Å². The molecule has 0 saturated carbocycles. The van der Waals surface area contributed by atoms with Gasteiger partial charge in [-0.25, -0.2) is 9.79 Å². The van der Waals surface area contributed by atoms with E-state index in [9.17, 15) is 4.79 Å². The minimum atomic E-state index is -0.848. The number of carbonyl (C=O) groups excluding carboxylic acids is 1. The third kappa shape index (κ3) is 3.48. The van der Waals surface area contributed by atoms with Crippen molar-refractivity contribution >= 4 is 17.9 Å². The third-order valence-electron chi connectivity index (χ3n) is 5.00. The van der Waals surface area contributed by atoms with Gasteiger partial charge in [0, 0.05) is 11.5 Å². The number of carbonyl (C=O) groups is 1. The molecule has 1 heterocycles. The van der Waals surface area contributed by atoms with E-state index in [2.05, 4.69) is 38.1 Å². The minimum Gasteiger partial charge on any atom is -0.405 e. The summed E-state index contributed by atoms with van der Waals surface area (Å²) in [4.78, 5) is 17.6. The molecule has 2 aromatic rings. The second kappa shape index (κ2) is 7.69. The van der Waals surface area contributed by atoms with Crippen molar-refractivity contribution in [2.75, 3.05) is 0 Å². The Morgan fingerprint density at radius 2 is 1.81 bits per heavy atom. The van der Waals surface area contributed by atoms with Gasteiger partial charge >= 0.3 is 5.97 Å². The molecule has 1 unspecified atom stereocenters. The largest absolute Gasteiger partial charge is 0.405 e. The SMILES string of the molecule is CCC[C@]1(C(C)/C=C/c2ccccc2C)N=C(c2ccccc2)OC1=O. The number of aliphatic imine (C=N–C) groups is 1. The van der Waals surface area contributed by atoms with Gasteiger partial charge in [0.15, 0.2) is 5.54 Å². The molecule has 0 radical (unpaired) electrons. The topological polar surface area (TPSA) is 38.7 Å². The molecule has 1 aliphatic heterocycles. The van der Waals surface area contributed by atoms with Crippen molar-refractivity contribution in [2.24, 2.45) is 10.9 Å². The predicted octanol–water partition coefficient (Wildman–Crippen LogP) is 5.19. The zero-order chi connectivity index (χ0) is 18.6. The molecule has 1 aliphatic rings. The zero-order valence-corrected chi connectivity index (χ0v) is 15.6. The Balaban J connectivity index is 1.93. The van der Waals surface area contributed by atoms with Crippen LogP contribution < -0.4 is 0 Å². The average molecular weight is 347 g/mol. The molecule has 0 N–H and O–H groups in total. The molecule has 0 bridgehead atoms. The number of aryl methyl sites for hydroxylation is 1. The number of cyclic esters (lactones) is 1. The number of ether oxygens (including phenoxy) is 1. The Bertz CT molecular complexity index is 838. The van der Waals surface area contributed by atoms with Crippen LogP contribution in [0.25, 0.3) is 6.08 Å². The van der Waals surface area contributed by atoms with Crippen molar-refractivity contribution in [3.63, 3.8) is 0 Å². The van der Waals surface area contributed by atoms with Crippen molar-refractivity contribution in [2.45, 2.75) is 39.2 Å². The molecule has 3 heteroatoms. The second-order valence-corrected chi connectivity index (χ2v) is 6.85. The first-order valence-electron chi connectivity index (χ1n) is 9.18. The first-order valence-corrected chi connectivity index (χ1v) is 9.18. The van der Waals surface area contributed by atoms with Crippen molar-refractivity contribution < 1.29 is 9.53 Å². The van der Waals surface area contributed by atoms with Gasteiger partial charge in [0.05, 0.1) is 0 Å². The fourth-order valence-corrected chi connectivity index (χ4v) is 3.37. The van der Waals surface area contributed by atoms with Gasteiger partial charge in [-0.05, 0) is 36.6 Å². The Hall–Kier alpha value is -2.68. The Kier molecular flexibility index (Phi) is 5.36. The maximum atomic E-state index is 12.8. The minimum absolute atomic E-state index is 0.0595. The number of rotatable bonds is 6. The summed E-state index contributed by atoms with van der Waals surface area (Å²) in [5.41, 5.74) is 2.36. The van der Waals surface area contributed by atoms with Gasteiger partial charge in [-0.15, -0.1) is 0 Å². The lowest BCUT2D eigenvalue weighted by atomic mass is 9.81. The van der Waals surface area contributed by atoms with E-state index >= 15 is 0 Å². The maximum absolute atomic E-state index is 12.8. The van der Waals surface area contributed by atoms with Crippen LogP contribution in [0.2, 0.25) is 0 Å². The van der Waals surface area contributed by atoms with Gasteiger partial charge in [-0.1, -0.05) is 74.9 Å². The third-order valence-corrected chi connectivity index (χ3v) is 5.00. The van der Waals surface area contributed by atoms with Crippen molar-refractivity contribution in [1.82, 2.24) is 0 Å². The summed E-state index contributed by atoms with van der Waals surface area (Å²) in [6.07, 6.45) is 5.70. The van der Waals surface area contributed by atoms with Crippen molar-refractivity contribution in [3.8, 4) is 0 Å². The highest BCUT2D eigenvalue weighted by Gasteiger charge is 2.48. The van der Waals surface area contributed by atoms with Gasteiger partial charge in [-0.3, -0.25) is 0 Å². The maximum Gasteiger partial charge on any atom is 0.341 e. The van der Waals surface area contributed by atoms with Crippen LogP contribution in [0.15, 0.2) is 65.7 Å². The van der Waals surface area contributed by atoms with Crippen LogP contribution in [0.1, 0.15) is 43.4 Å². The van der Waals surface area contributed by atoms with E-state index in [-0.39, 0.29) is 11.9 Å². The average Bonchev–Trinajstić information content (AvgIpc) is 2.99. The summed E-state index contributed by atoms with van der Waals surface area (Å²) in [6, 6.07) is 17.8. The van der Waals surface area contributed by atoms with Crippen molar-refractivity contribution in [1.29, 1.82) is 0 Å². The summed E-state index contributed by atoms with van der Waals surface area (Å²) in [5, 5.41) is 0. The molecule has 134 valence electrons. The molecule has 3 nitrogen and oxygen atoms in total.